The predicted octanol–water partition coefficient (Wildman–Crippen LogP) is 4.09. The maximum Gasteiger partial charge on any atom is 0.261 e. The summed E-state index contributed by atoms with van der Waals surface area (Å²) in [6.45, 7) is 1.99. The van der Waals surface area contributed by atoms with E-state index >= 15 is 0 Å². The van der Waals surface area contributed by atoms with Crippen molar-refractivity contribution in [1.82, 2.24) is 5.32 Å². The van der Waals surface area contributed by atoms with Crippen LogP contribution in [-0.2, 0) is 11.3 Å². The predicted molar refractivity (Wildman–Crippen MR) is 91.4 cm³/mol. The molecule has 0 radical (unpaired) electrons. The topological polar surface area (TPSA) is 47.6 Å². The number of carbonyl (C=O) groups excluding carboxylic acids is 1. The second-order valence-electron chi connectivity index (χ2n) is 4.89. The summed E-state index contributed by atoms with van der Waals surface area (Å²) < 4.78 is 10.7. The minimum absolute atomic E-state index is 0.230. The van der Waals surface area contributed by atoms with Gasteiger partial charge in [-0.25, -0.2) is 0 Å². The fraction of sp³-hybridized carbons (Fsp3) is 0.235. The largest absolute Gasteiger partial charge is 0.497 e. The lowest BCUT2D eigenvalue weighted by Crippen LogP contribution is -2.35. The molecule has 2 aromatic carbocycles. The van der Waals surface area contributed by atoms with Crippen LogP contribution in [-0.4, -0.2) is 19.1 Å². The third-order valence-corrected chi connectivity index (χ3v) is 3.80. The Morgan fingerprint density at radius 1 is 1.13 bits per heavy atom. The summed E-state index contributed by atoms with van der Waals surface area (Å²) in [5.74, 6) is 1.09. The molecule has 0 aliphatic rings. The lowest BCUT2D eigenvalue weighted by molar-refractivity contribution is -0.127. The number of amides is 1. The molecule has 1 unspecified atom stereocenters. The highest BCUT2D eigenvalue weighted by atomic mass is 35.5. The third-order valence-electron chi connectivity index (χ3n) is 3.21. The molecule has 0 fully saturated rings. The fourth-order valence-electron chi connectivity index (χ4n) is 1.90. The zero-order chi connectivity index (χ0) is 16.8. The van der Waals surface area contributed by atoms with Crippen molar-refractivity contribution >= 4 is 29.1 Å². The average molecular weight is 354 g/mol. The molecular formula is C17H17Cl2NO3. The lowest BCUT2D eigenvalue weighted by atomic mass is 10.2. The van der Waals surface area contributed by atoms with Gasteiger partial charge >= 0.3 is 0 Å². The molecule has 0 aromatic heterocycles. The number of rotatable bonds is 6. The Morgan fingerprint density at radius 2 is 1.78 bits per heavy atom. The van der Waals surface area contributed by atoms with Crippen molar-refractivity contribution in [3.8, 4) is 11.5 Å². The van der Waals surface area contributed by atoms with Crippen LogP contribution >= 0.6 is 23.2 Å². The first-order chi connectivity index (χ1) is 11.0. The SMILES string of the molecule is COc1ccc(OC(C)C(=O)NCc2ccc(Cl)cc2Cl)cc1. The summed E-state index contributed by atoms with van der Waals surface area (Å²) in [6.07, 6.45) is -0.630. The number of methoxy groups -OCH3 is 1. The number of hydrogen-bond donors (Lipinski definition) is 1. The Labute approximate surface area is 145 Å². The van der Waals surface area contributed by atoms with E-state index in [0.717, 1.165) is 11.3 Å². The molecule has 0 spiro atoms. The van der Waals surface area contributed by atoms with E-state index in [1.54, 1.807) is 56.5 Å². The molecule has 0 aliphatic carbocycles. The van der Waals surface area contributed by atoms with Crippen molar-refractivity contribution in [1.29, 1.82) is 0 Å². The molecule has 23 heavy (non-hydrogen) atoms. The molecule has 0 saturated carbocycles. The molecule has 2 rings (SSSR count). The van der Waals surface area contributed by atoms with Gasteiger partial charge in [0, 0.05) is 16.6 Å². The Kier molecular flexibility index (Phi) is 6.13. The van der Waals surface area contributed by atoms with Crippen molar-refractivity contribution in [3.05, 3.63) is 58.1 Å². The highest BCUT2D eigenvalue weighted by molar-refractivity contribution is 6.35. The zero-order valence-corrected chi connectivity index (χ0v) is 14.3. The van der Waals surface area contributed by atoms with Gasteiger partial charge in [0.15, 0.2) is 6.10 Å². The Balaban J connectivity index is 1.89. The van der Waals surface area contributed by atoms with Crippen LogP contribution in [0.25, 0.3) is 0 Å². The van der Waals surface area contributed by atoms with Crippen molar-refractivity contribution in [2.24, 2.45) is 0 Å². The summed E-state index contributed by atoms with van der Waals surface area (Å²) in [5.41, 5.74) is 0.793. The van der Waals surface area contributed by atoms with E-state index in [-0.39, 0.29) is 5.91 Å². The molecule has 0 aliphatic heterocycles. The van der Waals surface area contributed by atoms with E-state index in [2.05, 4.69) is 5.32 Å². The van der Waals surface area contributed by atoms with E-state index in [1.165, 1.54) is 0 Å². The lowest BCUT2D eigenvalue weighted by Gasteiger charge is -2.15. The Bertz CT molecular complexity index is 674. The molecule has 0 bridgehead atoms. The maximum atomic E-state index is 12.1. The van der Waals surface area contributed by atoms with Crippen LogP contribution in [0.4, 0.5) is 0 Å². The number of carbonyl (C=O) groups is 1. The summed E-state index contributed by atoms with van der Waals surface area (Å²) in [6, 6.07) is 12.2. The molecule has 1 atom stereocenters. The van der Waals surface area contributed by atoms with Crippen LogP contribution < -0.4 is 14.8 Å². The van der Waals surface area contributed by atoms with Crippen LogP contribution in [0.2, 0.25) is 10.0 Å². The van der Waals surface area contributed by atoms with Crippen LogP contribution in [0.1, 0.15) is 12.5 Å². The average Bonchev–Trinajstić information content (AvgIpc) is 2.54. The van der Waals surface area contributed by atoms with Gasteiger partial charge in [-0.05, 0) is 48.9 Å². The normalized spacial score (nSPS) is 11.7. The van der Waals surface area contributed by atoms with Crippen LogP contribution in [0, 0.1) is 0 Å². The van der Waals surface area contributed by atoms with Gasteiger partial charge in [-0.1, -0.05) is 29.3 Å². The third kappa shape index (κ3) is 5.05. The van der Waals surface area contributed by atoms with Gasteiger partial charge in [-0.3, -0.25) is 4.79 Å². The fourth-order valence-corrected chi connectivity index (χ4v) is 2.38. The molecule has 2 aromatic rings. The summed E-state index contributed by atoms with van der Waals surface area (Å²) in [4.78, 5) is 12.1. The second kappa shape index (κ2) is 8.09. The maximum absolute atomic E-state index is 12.1. The molecule has 1 N–H and O–H groups in total. The first-order valence-electron chi connectivity index (χ1n) is 7.02. The molecule has 0 heterocycles. The Hall–Kier alpha value is -1.91. The van der Waals surface area contributed by atoms with E-state index in [0.29, 0.717) is 22.3 Å². The van der Waals surface area contributed by atoms with Crippen molar-refractivity contribution in [3.63, 3.8) is 0 Å². The van der Waals surface area contributed by atoms with Crippen molar-refractivity contribution in [2.75, 3.05) is 7.11 Å². The molecule has 0 saturated heterocycles. The standard InChI is InChI=1S/C17H17Cl2NO3/c1-11(23-15-7-5-14(22-2)6-8-15)17(21)20-10-12-3-4-13(18)9-16(12)19/h3-9,11H,10H2,1-2H3,(H,20,21). The van der Waals surface area contributed by atoms with Gasteiger partial charge in [-0.2, -0.15) is 0 Å². The first kappa shape index (κ1) is 17.4. The number of benzene rings is 2. The van der Waals surface area contributed by atoms with Crippen LogP contribution in [0.3, 0.4) is 0 Å². The van der Waals surface area contributed by atoms with Crippen LogP contribution in [0.5, 0.6) is 11.5 Å². The molecule has 6 heteroatoms. The highest BCUT2D eigenvalue weighted by Gasteiger charge is 2.15. The molecule has 1 amide bonds. The smallest absolute Gasteiger partial charge is 0.261 e. The van der Waals surface area contributed by atoms with E-state index < -0.39 is 6.10 Å². The van der Waals surface area contributed by atoms with Gasteiger partial charge in [0.05, 0.1) is 7.11 Å². The van der Waals surface area contributed by atoms with Gasteiger partial charge in [0.1, 0.15) is 11.5 Å². The van der Waals surface area contributed by atoms with E-state index in [1.807, 2.05) is 0 Å². The minimum atomic E-state index is -0.630. The minimum Gasteiger partial charge on any atom is -0.497 e. The van der Waals surface area contributed by atoms with Crippen molar-refractivity contribution < 1.29 is 14.3 Å². The summed E-state index contributed by atoms with van der Waals surface area (Å²) >= 11 is 11.9. The highest BCUT2D eigenvalue weighted by Crippen LogP contribution is 2.21. The number of halogens is 2. The van der Waals surface area contributed by atoms with Gasteiger partial charge in [0.25, 0.3) is 5.91 Å². The summed E-state index contributed by atoms with van der Waals surface area (Å²) in [5, 5.41) is 3.86. The molecular weight excluding hydrogens is 337 g/mol. The van der Waals surface area contributed by atoms with Gasteiger partial charge in [-0.15, -0.1) is 0 Å². The summed E-state index contributed by atoms with van der Waals surface area (Å²) in [7, 11) is 1.59. The first-order valence-corrected chi connectivity index (χ1v) is 7.77. The molecule has 4 nitrogen and oxygen atoms in total. The van der Waals surface area contributed by atoms with Gasteiger partial charge in [0.2, 0.25) is 0 Å². The second-order valence-corrected chi connectivity index (χ2v) is 5.73. The van der Waals surface area contributed by atoms with E-state index in [4.69, 9.17) is 32.7 Å². The zero-order valence-electron chi connectivity index (χ0n) is 12.8. The number of nitrogens with one attached hydrogen (secondary N) is 1. The number of ether oxygens (including phenoxy) is 2. The van der Waals surface area contributed by atoms with Crippen LogP contribution in [0.15, 0.2) is 42.5 Å². The van der Waals surface area contributed by atoms with Gasteiger partial charge < -0.3 is 14.8 Å². The number of hydrogen-bond acceptors (Lipinski definition) is 3. The van der Waals surface area contributed by atoms with Crippen molar-refractivity contribution in [2.45, 2.75) is 19.6 Å². The van der Waals surface area contributed by atoms with E-state index in [9.17, 15) is 4.79 Å². The Morgan fingerprint density at radius 3 is 2.39 bits per heavy atom. The molecule has 122 valence electrons. The monoisotopic (exact) mass is 353 g/mol. The quantitative estimate of drug-likeness (QED) is 0.850.